The molecule has 2 aromatic heterocycles. The maximum atomic E-state index is 11.3. The maximum Gasteiger partial charge on any atom is 0.355 e. The molecule has 0 bridgehead atoms. The van der Waals surface area contributed by atoms with E-state index in [1.807, 2.05) is 35.9 Å². The predicted octanol–water partition coefficient (Wildman–Crippen LogP) is 3.74. The number of aryl methyl sites for hydroxylation is 2. The molecule has 0 radical (unpaired) electrons. The molecule has 0 unspecified atom stereocenters. The van der Waals surface area contributed by atoms with Crippen LogP contribution in [0.5, 0.6) is 0 Å². The Labute approximate surface area is 152 Å². The Balaban J connectivity index is 1.82. The number of aromatic carboxylic acids is 1. The van der Waals surface area contributed by atoms with E-state index < -0.39 is 5.97 Å². The van der Waals surface area contributed by atoms with Gasteiger partial charge in [0.25, 0.3) is 0 Å². The van der Waals surface area contributed by atoms with Crippen LogP contribution in [0, 0.1) is 6.92 Å². The Morgan fingerprint density at radius 2 is 1.96 bits per heavy atom. The van der Waals surface area contributed by atoms with Crippen molar-refractivity contribution in [3.8, 4) is 11.1 Å². The number of pyridine rings is 1. The minimum absolute atomic E-state index is 0.0639. The monoisotopic (exact) mass is 350 g/mol. The molecule has 0 atom stereocenters. The minimum Gasteiger partial charge on any atom is -0.476 e. The van der Waals surface area contributed by atoms with Crippen molar-refractivity contribution in [2.45, 2.75) is 39.7 Å². The standard InChI is InChI=1S/C20H22N4O2/c1-3-4-7-18-22-14(2)23-24(18)13-15-8-10-16(11-9-15)17-6-5-12-21-19(17)20(25)26/h5-6,8-12H,3-4,7,13H2,1-2H3,(H,25,26). The van der Waals surface area contributed by atoms with Crippen LogP contribution in [-0.4, -0.2) is 30.8 Å². The molecule has 0 saturated carbocycles. The second kappa shape index (κ2) is 7.91. The van der Waals surface area contributed by atoms with E-state index in [2.05, 4.69) is 22.0 Å². The van der Waals surface area contributed by atoms with Gasteiger partial charge in [-0.25, -0.2) is 19.4 Å². The van der Waals surface area contributed by atoms with E-state index in [1.54, 1.807) is 12.1 Å². The fraction of sp³-hybridized carbons (Fsp3) is 0.300. The van der Waals surface area contributed by atoms with Crippen LogP contribution in [0.2, 0.25) is 0 Å². The van der Waals surface area contributed by atoms with Gasteiger partial charge in [0.2, 0.25) is 0 Å². The first kappa shape index (κ1) is 17.8. The molecule has 1 N–H and O–H groups in total. The number of nitrogens with zero attached hydrogens (tertiary/aromatic N) is 4. The zero-order valence-corrected chi connectivity index (χ0v) is 15.0. The molecule has 0 spiro atoms. The van der Waals surface area contributed by atoms with Crippen molar-refractivity contribution in [3.63, 3.8) is 0 Å². The average molecular weight is 350 g/mol. The lowest BCUT2D eigenvalue weighted by Gasteiger charge is -2.08. The fourth-order valence-corrected chi connectivity index (χ4v) is 2.92. The molecule has 0 aliphatic carbocycles. The second-order valence-electron chi connectivity index (χ2n) is 6.24. The summed E-state index contributed by atoms with van der Waals surface area (Å²) in [6.45, 7) is 4.72. The number of rotatable bonds is 7. The first-order chi connectivity index (χ1) is 12.6. The van der Waals surface area contributed by atoms with Crippen molar-refractivity contribution >= 4 is 5.97 Å². The van der Waals surface area contributed by atoms with Gasteiger partial charge >= 0.3 is 5.97 Å². The highest BCUT2D eigenvalue weighted by Crippen LogP contribution is 2.23. The molecule has 6 heteroatoms. The summed E-state index contributed by atoms with van der Waals surface area (Å²) in [5.74, 6) is 0.770. The molecular weight excluding hydrogens is 328 g/mol. The Bertz CT molecular complexity index is 900. The highest BCUT2D eigenvalue weighted by atomic mass is 16.4. The van der Waals surface area contributed by atoms with Crippen LogP contribution in [0.4, 0.5) is 0 Å². The third-order valence-electron chi connectivity index (χ3n) is 4.22. The number of hydrogen-bond acceptors (Lipinski definition) is 4. The lowest BCUT2D eigenvalue weighted by molar-refractivity contribution is 0.0691. The van der Waals surface area contributed by atoms with Gasteiger partial charge in [-0.2, -0.15) is 5.10 Å². The first-order valence-corrected chi connectivity index (χ1v) is 8.76. The Morgan fingerprint density at radius 3 is 2.65 bits per heavy atom. The van der Waals surface area contributed by atoms with E-state index in [0.717, 1.165) is 42.0 Å². The van der Waals surface area contributed by atoms with E-state index in [0.29, 0.717) is 12.1 Å². The maximum absolute atomic E-state index is 11.3. The van der Waals surface area contributed by atoms with Gasteiger partial charge in [0.1, 0.15) is 11.6 Å². The highest BCUT2D eigenvalue weighted by Gasteiger charge is 2.13. The van der Waals surface area contributed by atoms with Crippen molar-refractivity contribution in [3.05, 3.63) is 65.5 Å². The van der Waals surface area contributed by atoms with Gasteiger partial charge in [-0.1, -0.05) is 43.7 Å². The van der Waals surface area contributed by atoms with E-state index in [1.165, 1.54) is 6.20 Å². The van der Waals surface area contributed by atoms with Crippen LogP contribution in [0.3, 0.4) is 0 Å². The SMILES string of the molecule is CCCCc1nc(C)nn1Cc1ccc(-c2cccnc2C(=O)O)cc1. The number of carbonyl (C=O) groups is 1. The summed E-state index contributed by atoms with van der Waals surface area (Å²) >= 11 is 0. The topological polar surface area (TPSA) is 80.9 Å². The Morgan fingerprint density at radius 1 is 1.19 bits per heavy atom. The largest absolute Gasteiger partial charge is 0.476 e. The van der Waals surface area contributed by atoms with Gasteiger partial charge in [-0.05, 0) is 30.5 Å². The number of carboxylic acids is 1. The number of hydrogen-bond donors (Lipinski definition) is 1. The van der Waals surface area contributed by atoms with Crippen LogP contribution in [0.1, 0.15) is 47.5 Å². The molecule has 6 nitrogen and oxygen atoms in total. The zero-order chi connectivity index (χ0) is 18.5. The Kier molecular flexibility index (Phi) is 5.41. The number of unbranched alkanes of at least 4 members (excludes halogenated alkanes) is 1. The molecule has 0 fully saturated rings. The van der Waals surface area contributed by atoms with Crippen molar-refractivity contribution in [2.24, 2.45) is 0 Å². The summed E-state index contributed by atoms with van der Waals surface area (Å²) in [5, 5.41) is 13.8. The molecule has 0 aliphatic rings. The van der Waals surface area contributed by atoms with Crippen molar-refractivity contribution < 1.29 is 9.90 Å². The molecular formula is C20H22N4O2. The molecule has 1 aromatic carbocycles. The van der Waals surface area contributed by atoms with Crippen molar-refractivity contribution in [1.29, 1.82) is 0 Å². The molecule has 26 heavy (non-hydrogen) atoms. The van der Waals surface area contributed by atoms with Crippen molar-refractivity contribution in [2.75, 3.05) is 0 Å². The molecule has 2 heterocycles. The summed E-state index contributed by atoms with van der Waals surface area (Å²) in [4.78, 5) is 19.8. The second-order valence-corrected chi connectivity index (χ2v) is 6.24. The third-order valence-corrected chi connectivity index (χ3v) is 4.22. The molecule has 0 amide bonds. The quantitative estimate of drug-likeness (QED) is 0.702. The van der Waals surface area contributed by atoms with Crippen LogP contribution in [0.25, 0.3) is 11.1 Å². The normalized spacial score (nSPS) is 10.8. The summed E-state index contributed by atoms with van der Waals surface area (Å²) in [7, 11) is 0. The van der Waals surface area contributed by atoms with Crippen molar-refractivity contribution in [1.82, 2.24) is 19.7 Å². The average Bonchev–Trinajstić information content (AvgIpc) is 2.99. The molecule has 3 aromatic rings. The highest BCUT2D eigenvalue weighted by molar-refractivity contribution is 5.93. The number of aromatic nitrogens is 4. The molecule has 0 saturated heterocycles. The lowest BCUT2D eigenvalue weighted by atomic mass is 10.0. The zero-order valence-electron chi connectivity index (χ0n) is 15.0. The van der Waals surface area contributed by atoms with Crippen LogP contribution in [-0.2, 0) is 13.0 Å². The van der Waals surface area contributed by atoms with Crippen LogP contribution < -0.4 is 0 Å². The molecule has 0 aliphatic heterocycles. The summed E-state index contributed by atoms with van der Waals surface area (Å²) in [5.41, 5.74) is 2.61. The van der Waals surface area contributed by atoms with E-state index in [9.17, 15) is 9.90 Å². The van der Waals surface area contributed by atoms with Gasteiger partial charge in [0, 0.05) is 18.2 Å². The van der Waals surface area contributed by atoms with Gasteiger partial charge in [-0.15, -0.1) is 0 Å². The molecule has 134 valence electrons. The van der Waals surface area contributed by atoms with E-state index in [4.69, 9.17) is 0 Å². The Hall–Kier alpha value is -3.02. The fourth-order valence-electron chi connectivity index (χ4n) is 2.92. The summed E-state index contributed by atoms with van der Waals surface area (Å²) in [6, 6.07) is 11.4. The summed E-state index contributed by atoms with van der Waals surface area (Å²) < 4.78 is 1.95. The lowest BCUT2D eigenvalue weighted by Crippen LogP contribution is -2.07. The third kappa shape index (κ3) is 3.96. The smallest absolute Gasteiger partial charge is 0.355 e. The summed E-state index contributed by atoms with van der Waals surface area (Å²) in [6.07, 6.45) is 4.63. The van der Waals surface area contributed by atoms with Crippen LogP contribution in [0.15, 0.2) is 42.6 Å². The number of benzene rings is 1. The first-order valence-electron chi connectivity index (χ1n) is 8.76. The van der Waals surface area contributed by atoms with Crippen LogP contribution >= 0.6 is 0 Å². The predicted molar refractivity (Wildman–Crippen MR) is 99.1 cm³/mol. The minimum atomic E-state index is -1.02. The van der Waals surface area contributed by atoms with Gasteiger partial charge in [-0.3, -0.25) is 0 Å². The number of carboxylic acid groups (broad SMARTS) is 1. The van der Waals surface area contributed by atoms with E-state index in [-0.39, 0.29) is 5.69 Å². The van der Waals surface area contributed by atoms with Gasteiger partial charge in [0.15, 0.2) is 5.69 Å². The van der Waals surface area contributed by atoms with E-state index >= 15 is 0 Å². The van der Waals surface area contributed by atoms with Gasteiger partial charge in [0.05, 0.1) is 6.54 Å². The van der Waals surface area contributed by atoms with Gasteiger partial charge < -0.3 is 5.11 Å². The molecule has 3 rings (SSSR count).